The van der Waals surface area contributed by atoms with Crippen molar-refractivity contribution in [1.29, 1.82) is 0 Å². The van der Waals surface area contributed by atoms with Gasteiger partial charge in [-0.05, 0) is 13.0 Å². The SMILES string of the molecule is CC(=O)C1C(=O)C(=O)N(c2ccc([N+](=O)[O-])cc2[N+](=O)[O-])C1=O. The quantitative estimate of drug-likeness (QED) is 0.249. The lowest BCUT2D eigenvalue weighted by atomic mass is 10.0. The topological polar surface area (TPSA) is 158 Å². The molecule has 0 aromatic heterocycles. The number of carbonyl (C=O) groups excluding carboxylic acids is 4. The van der Waals surface area contributed by atoms with Gasteiger partial charge in [-0.2, -0.15) is 0 Å². The standard InChI is InChI=1S/C12H7N3O8/c1-5(16)9-10(17)12(19)13(11(9)18)7-3-2-6(14(20)21)4-8(7)15(22)23/h2-4,9H,1H3. The van der Waals surface area contributed by atoms with Crippen LogP contribution in [0.5, 0.6) is 0 Å². The minimum Gasteiger partial charge on any atom is -0.299 e. The van der Waals surface area contributed by atoms with Crippen LogP contribution in [0.3, 0.4) is 0 Å². The van der Waals surface area contributed by atoms with Crippen LogP contribution in [0, 0.1) is 26.1 Å². The molecule has 1 heterocycles. The van der Waals surface area contributed by atoms with E-state index in [0.717, 1.165) is 19.1 Å². The Hall–Kier alpha value is -3.50. The van der Waals surface area contributed by atoms with Gasteiger partial charge in [-0.1, -0.05) is 0 Å². The normalized spacial score (nSPS) is 17.5. The molecule has 1 aromatic rings. The molecule has 23 heavy (non-hydrogen) atoms. The third-order valence-corrected chi connectivity index (χ3v) is 3.16. The Labute approximate surface area is 126 Å². The van der Waals surface area contributed by atoms with Gasteiger partial charge in [0.05, 0.1) is 15.9 Å². The molecule has 1 atom stereocenters. The summed E-state index contributed by atoms with van der Waals surface area (Å²) in [6, 6.07) is 2.21. The second kappa shape index (κ2) is 5.36. The Kier molecular flexibility index (Phi) is 3.70. The van der Waals surface area contributed by atoms with Crippen molar-refractivity contribution in [1.82, 2.24) is 0 Å². The summed E-state index contributed by atoms with van der Waals surface area (Å²) in [7, 11) is 0. The van der Waals surface area contributed by atoms with Gasteiger partial charge < -0.3 is 0 Å². The van der Waals surface area contributed by atoms with Gasteiger partial charge in [-0.3, -0.25) is 39.4 Å². The van der Waals surface area contributed by atoms with Crippen molar-refractivity contribution in [2.75, 3.05) is 4.90 Å². The molecule has 2 rings (SSSR count). The molecule has 0 radical (unpaired) electrons. The molecule has 1 aliphatic heterocycles. The lowest BCUT2D eigenvalue weighted by molar-refractivity contribution is -0.393. The van der Waals surface area contributed by atoms with Gasteiger partial charge in [0.25, 0.3) is 17.3 Å². The Balaban J connectivity index is 2.62. The Bertz CT molecular complexity index is 799. The summed E-state index contributed by atoms with van der Waals surface area (Å²) in [5, 5.41) is 21.7. The largest absolute Gasteiger partial charge is 0.302 e. The molecule has 1 saturated heterocycles. The fourth-order valence-corrected chi connectivity index (χ4v) is 2.12. The van der Waals surface area contributed by atoms with E-state index in [4.69, 9.17) is 0 Å². The predicted octanol–water partition coefficient (Wildman–Crippen LogP) is 0.150. The van der Waals surface area contributed by atoms with Gasteiger partial charge in [-0.15, -0.1) is 0 Å². The van der Waals surface area contributed by atoms with Crippen LogP contribution < -0.4 is 4.90 Å². The summed E-state index contributed by atoms with van der Waals surface area (Å²) in [6.45, 7) is 0.932. The van der Waals surface area contributed by atoms with E-state index < -0.39 is 56.2 Å². The minimum absolute atomic E-state index is 0.205. The van der Waals surface area contributed by atoms with Gasteiger partial charge in [0.15, 0.2) is 5.92 Å². The summed E-state index contributed by atoms with van der Waals surface area (Å²) in [5.41, 5.74) is -2.14. The van der Waals surface area contributed by atoms with Gasteiger partial charge in [0.1, 0.15) is 11.5 Å². The first-order chi connectivity index (χ1) is 10.7. The molecule has 11 heteroatoms. The third-order valence-electron chi connectivity index (χ3n) is 3.16. The summed E-state index contributed by atoms with van der Waals surface area (Å²) < 4.78 is 0. The molecule has 0 N–H and O–H groups in total. The lowest BCUT2D eigenvalue weighted by Crippen LogP contribution is -2.32. The highest BCUT2D eigenvalue weighted by molar-refractivity contribution is 6.59. The van der Waals surface area contributed by atoms with E-state index in [1.165, 1.54) is 0 Å². The molecule has 0 spiro atoms. The molecular formula is C12H7N3O8. The van der Waals surface area contributed by atoms with Gasteiger partial charge in [0, 0.05) is 6.07 Å². The maximum atomic E-state index is 12.1. The number of rotatable bonds is 4. The Morgan fingerprint density at radius 2 is 1.74 bits per heavy atom. The number of benzene rings is 1. The maximum Gasteiger partial charge on any atom is 0.302 e. The second-order valence-electron chi connectivity index (χ2n) is 4.57. The molecule has 1 unspecified atom stereocenters. The molecule has 11 nitrogen and oxygen atoms in total. The van der Waals surface area contributed by atoms with E-state index in [1.807, 2.05) is 0 Å². The van der Waals surface area contributed by atoms with E-state index >= 15 is 0 Å². The number of hydrogen-bond acceptors (Lipinski definition) is 8. The molecule has 0 bridgehead atoms. The summed E-state index contributed by atoms with van der Waals surface area (Å²) in [6.07, 6.45) is 0. The number of ketones is 2. The van der Waals surface area contributed by atoms with Crippen LogP contribution in [0.2, 0.25) is 0 Å². The number of Topliss-reactive ketones (excluding diaryl/α,β-unsaturated/α-hetero) is 2. The smallest absolute Gasteiger partial charge is 0.299 e. The summed E-state index contributed by atoms with van der Waals surface area (Å²) in [4.78, 5) is 66.9. The van der Waals surface area contributed by atoms with Crippen molar-refractivity contribution in [3.05, 3.63) is 38.4 Å². The van der Waals surface area contributed by atoms with Crippen molar-refractivity contribution < 1.29 is 29.0 Å². The van der Waals surface area contributed by atoms with Crippen LogP contribution in [0.25, 0.3) is 0 Å². The number of non-ortho nitro benzene ring substituents is 1. The van der Waals surface area contributed by atoms with Crippen LogP contribution in [0.4, 0.5) is 17.1 Å². The number of hydrogen-bond donors (Lipinski definition) is 0. The lowest BCUT2D eigenvalue weighted by Gasteiger charge is -2.13. The maximum absolute atomic E-state index is 12.1. The first-order valence-electron chi connectivity index (χ1n) is 6.02. The van der Waals surface area contributed by atoms with Crippen molar-refractivity contribution in [2.45, 2.75) is 6.92 Å². The highest BCUT2D eigenvalue weighted by atomic mass is 16.6. The van der Waals surface area contributed by atoms with Gasteiger partial charge in [0.2, 0.25) is 5.78 Å². The first-order valence-corrected chi connectivity index (χ1v) is 6.02. The van der Waals surface area contributed by atoms with Crippen molar-refractivity contribution in [3.8, 4) is 0 Å². The monoisotopic (exact) mass is 321 g/mol. The zero-order valence-corrected chi connectivity index (χ0v) is 11.4. The van der Waals surface area contributed by atoms with Crippen LogP contribution in [0.15, 0.2) is 18.2 Å². The molecular weight excluding hydrogens is 314 g/mol. The van der Waals surface area contributed by atoms with E-state index in [-0.39, 0.29) is 4.90 Å². The highest BCUT2D eigenvalue weighted by Crippen LogP contribution is 2.35. The Morgan fingerprint density at radius 3 is 2.17 bits per heavy atom. The Morgan fingerprint density at radius 1 is 1.13 bits per heavy atom. The molecule has 118 valence electrons. The third kappa shape index (κ3) is 2.43. The average Bonchev–Trinajstić information content (AvgIpc) is 2.68. The molecule has 0 saturated carbocycles. The van der Waals surface area contributed by atoms with E-state index in [9.17, 15) is 39.4 Å². The second-order valence-corrected chi connectivity index (χ2v) is 4.57. The van der Waals surface area contributed by atoms with Gasteiger partial charge >= 0.3 is 5.91 Å². The van der Waals surface area contributed by atoms with E-state index in [1.54, 1.807) is 0 Å². The van der Waals surface area contributed by atoms with Crippen molar-refractivity contribution >= 4 is 40.4 Å². The van der Waals surface area contributed by atoms with Gasteiger partial charge in [-0.25, -0.2) is 4.90 Å². The summed E-state index contributed by atoms with van der Waals surface area (Å²) in [5.74, 6) is -6.63. The average molecular weight is 321 g/mol. The number of nitro groups is 2. The van der Waals surface area contributed by atoms with Crippen LogP contribution in [0.1, 0.15) is 6.92 Å². The van der Waals surface area contributed by atoms with Crippen LogP contribution in [-0.4, -0.2) is 33.2 Å². The molecule has 0 aliphatic carbocycles. The predicted molar refractivity (Wildman–Crippen MR) is 71.4 cm³/mol. The fraction of sp³-hybridized carbons (Fsp3) is 0.167. The highest BCUT2D eigenvalue weighted by Gasteiger charge is 2.51. The van der Waals surface area contributed by atoms with Crippen molar-refractivity contribution in [3.63, 3.8) is 0 Å². The van der Waals surface area contributed by atoms with Crippen LogP contribution >= 0.6 is 0 Å². The van der Waals surface area contributed by atoms with Crippen molar-refractivity contribution in [2.24, 2.45) is 5.92 Å². The number of imide groups is 1. The van der Waals surface area contributed by atoms with Crippen LogP contribution in [-0.2, 0) is 19.2 Å². The minimum atomic E-state index is -1.85. The zero-order valence-electron chi connectivity index (χ0n) is 11.4. The molecule has 1 aromatic carbocycles. The molecule has 2 amide bonds. The first kappa shape index (κ1) is 15.9. The number of anilines is 1. The number of carbonyl (C=O) groups is 4. The molecule has 1 aliphatic rings. The summed E-state index contributed by atoms with van der Waals surface area (Å²) >= 11 is 0. The zero-order chi connectivity index (χ0) is 17.5. The fourth-order valence-electron chi connectivity index (χ4n) is 2.12. The van der Waals surface area contributed by atoms with E-state index in [2.05, 4.69) is 0 Å². The van der Waals surface area contributed by atoms with E-state index in [0.29, 0.717) is 6.07 Å². The number of nitro benzene ring substituents is 2. The number of amides is 2. The number of nitrogens with zero attached hydrogens (tertiary/aromatic N) is 3. The molecule has 1 fully saturated rings.